The zero-order chi connectivity index (χ0) is 11.2. The van der Waals surface area contributed by atoms with Crippen molar-refractivity contribution in [3.63, 3.8) is 0 Å². The van der Waals surface area contributed by atoms with Crippen LogP contribution in [0.3, 0.4) is 0 Å². The van der Waals surface area contributed by atoms with Crippen LogP contribution in [0.2, 0.25) is 0 Å². The maximum absolute atomic E-state index is 4.14. The molecule has 0 aliphatic heterocycles. The van der Waals surface area contributed by atoms with Crippen LogP contribution in [0.1, 0.15) is 40.5 Å². The average Bonchev–Trinajstić information content (AvgIpc) is 2.04. The van der Waals surface area contributed by atoms with Gasteiger partial charge in [-0.15, -0.1) is 0 Å². The van der Waals surface area contributed by atoms with Crippen LogP contribution < -0.4 is 0 Å². The molecule has 0 aromatic rings. The van der Waals surface area contributed by atoms with E-state index in [1.165, 1.54) is 18.4 Å². The number of allylic oxidation sites excluding steroid dienone is 2. The summed E-state index contributed by atoms with van der Waals surface area (Å²) in [7, 11) is 2.01. The SMILES string of the molecule is BC(/C=C(\C)C(C)(C)CCC)=N/C=C. The Hall–Kier alpha value is -0.785. The smallest absolute Gasteiger partial charge is 0.163 e. The molecule has 0 aliphatic carbocycles. The molecule has 0 N–H and O–H groups in total. The van der Waals surface area contributed by atoms with Gasteiger partial charge >= 0.3 is 0 Å². The Morgan fingerprint density at radius 2 is 2.07 bits per heavy atom. The molecular weight excluding hydrogens is 169 g/mol. The van der Waals surface area contributed by atoms with E-state index >= 15 is 0 Å². The minimum absolute atomic E-state index is 0.284. The Bertz CT molecular complexity index is 249. The lowest BCUT2D eigenvalue weighted by Gasteiger charge is -2.25. The molecule has 14 heavy (non-hydrogen) atoms. The highest BCUT2D eigenvalue weighted by atomic mass is 14.7. The molecule has 0 radical (unpaired) electrons. The average molecular weight is 191 g/mol. The normalized spacial score (nSPS) is 14.3. The van der Waals surface area contributed by atoms with E-state index in [2.05, 4.69) is 45.3 Å². The molecule has 0 spiro atoms. The third-order valence-corrected chi connectivity index (χ3v) is 2.66. The van der Waals surface area contributed by atoms with Gasteiger partial charge in [0.1, 0.15) is 0 Å². The summed E-state index contributed by atoms with van der Waals surface area (Å²) >= 11 is 0. The van der Waals surface area contributed by atoms with Crippen molar-refractivity contribution in [3.05, 3.63) is 24.4 Å². The lowest BCUT2D eigenvalue weighted by atomic mass is 9.79. The Labute approximate surface area is 89.4 Å². The summed E-state index contributed by atoms with van der Waals surface area (Å²) in [5.41, 5.74) is 2.70. The molecule has 0 aliphatic rings. The van der Waals surface area contributed by atoms with Gasteiger partial charge in [-0.3, -0.25) is 4.99 Å². The zero-order valence-corrected chi connectivity index (χ0v) is 10.2. The standard InChI is InChI=1S/C12H22BN/c1-6-8-12(4,5)10(3)9-11(13)14-7-2/h7,9H,2,6,8,13H2,1,3-5H3/b10-9+,14-11+. The highest BCUT2D eigenvalue weighted by Crippen LogP contribution is 2.30. The van der Waals surface area contributed by atoms with E-state index in [-0.39, 0.29) is 5.41 Å². The fraction of sp³-hybridized carbons (Fsp3) is 0.583. The predicted molar refractivity (Wildman–Crippen MR) is 68.6 cm³/mol. The topological polar surface area (TPSA) is 12.4 Å². The number of hydrogen-bond donors (Lipinski definition) is 0. The summed E-state index contributed by atoms with van der Waals surface area (Å²) in [6.45, 7) is 12.6. The molecule has 0 amide bonds. The van der Waals surface area contributed by atoms with E-state index < -0.39 is 0 Å². The summed E-state index contributed by atoms with van der Waals surface area (Å²) in [5, 5.41) is 0. The Morgan fingerprint density at radius 3 is 2.50 bits per heavy atom. The molecule has 0 fully saturated rings. The molecule has 0 unspecified atom stereocenters. The Morgan fingerprint density at radius 1 is 1.50 bits per heavy atom. The third kappa shape index (κ3) is 4.45. The number of aliphatic imine (C=N–C) groups is 1. The van der Waals surface area contributed by atoms with Gasteiger partial charge in [0.05, 0.1) is 0 Å². The third-order valence-electron chi connectivity index (χ3n) is 2.66. The van der Waals surface area contributed by atoms with Gasteiger partial charge < -0.3 is 0 Å². The highest BCUT2D eigenvalue weighted by Gasteiger charge is 2.18. The maximum atomic E-state index is 4.14. The van der Waals surface area contributed by atoms with Crippen LogP contribution in [0, 0.1) is 5.41 Å². The second-order valence-corrected chi connectivity index (χ2v) is 4.41. The van der Waals surface area contributed by atoms with Crippen molar-refractivity contribution >= 4 is 13.5 Å². The van der Waals surface area contributed by atoms with Gasteiger partial charge in [-0.25, -0.2) is 0 Å². The molecule has 0 bridgehead atoms. The molecule has 0 atom stereocenters. The molecule has 0 aromatic heterocycles. The first-order valence-corrected chi connectivity index (χ1v) is 5.28. The summed E-state index contributed by atoms with van der Waals surface area (Å²) in [6, 6.07) is 0. The quantitative estimate of drug-likeness (QED) is 0.468. The van der Waals surface area contributed by atoms with Crippen molar-refractivity contribution in [2.75, 3.05) is 0 Å². The first kappa shape index (κ1) is 13.2. The van der Waals surface area contributed by atoms with E-state index in [4.69, 9.17) is 0 Å². The number of hydrogen-bond acceptors (Lipinski definition) is 1. The van der Waals surface area contributed by atoms with Gasteiger partial charge in [-0.2, -0.15) is 0 Å². The van der Waals surface area contributed by atoms with Crippen LogP contribution >= 0.6 is 0 Å². The molecule has 0 saturated carbocycles. The van der Waals surface area contributed by atoms with E-state index in [9.17, 15) is 0 Å². The van der Waals surface area contributed by atoms with Gasteiger partial charge in [-0.05, 0) is 24.4 Å². The van der Waals surface area contributed by atoms with Crippen LogP contribution in [0.15, 0.2) is 29.4 Å². The summed E-state index contributed by atoms with van der Waals surface area (Å²) in [5.74, 6) is 0. The molecule has 2 heteroatoms. The van der Waals surface area contributed by atoms with Crippen molar-refractivity contribution in [1.29, 1.82) is 0 Å². The molecule has 78 valence electrons. The first-order chi connectivity index (χ1) is 6.44. The van der Waals surface area contributed by atoms with E-state index in [0.29, 0.717) is 0 Å². The van der Waals surface area contributed by atoms with Gasteiger partial charge in [0.15, 0.2) is 7.85 Å². The van der Waals surface area contributed by atoms with Crippen molar-refractivity contribution in [3.8, 4) is 0 Å². The van der Waals surface area contributed by atoms with Gasteiger partial charge in [0.25, 0.3) is 0 Å². The van der Waals surface area contributed by atoms with Crippen molar-refractivity contribution in [1.82, 2.24) is 0 Å². The van der Waals surface area contributed by atoms with Crippen molar-refractivity contribution in [2.24, 2.45) is 10.4 Å². The first-order valence-electron chi connectivity index (χ1n) is 5.28. The van der Waals surface area contributed by atoms with Crippen molar-refractivity contribution in [2.45, 2.75) is 40.5 Å². The lowest BCUT2D eigenvalue weighted by Crippen LogP contribution is -2.13. The monoisotopic (exact) mass is 191 g/mol. The summed E-state index contributed by atoms with van der Waals surface area (Å²) in [4.78, 5) is 4.14. The summed E-state index contributed by atoms with van der Waals surface area (Å²) < 4.78 is 0. The minimum Gasteiger partial charge on any atom is -0.273 e. The second kappa shape index (κ2) is 5.84. The molecule has 0 saturated heterocycles. The van der Waals surface area contributed by atoms with E-state index in [0.717, 1.165) is 5.61 Å². The van der Waals surface area contributed by atoms with Gasteiger partial charge in [-0.1, -0.05) is 45.4 Å². The van der Waals surface area contributed by atoms with Crippen LogP contribution in [0.25, 0.3) is 0 Å². The lowest BCUT2D eigenvalue weighted by molar-refractivity contribution is 0.403. The highest BCUT2D eigenvalue weighted by molar-refractivity contribution is 6.63. The Balaban J connectivity index is 4.66. The van der Waals surface area contributed by atoms with Crippen LogP contribution in [0.5, 0.6) is 0 Å². The maximum Gasteiger partial charge on any atom is 0.163 e. The predicted octanol–water partition coefficient (Wildman–Crippen LogP) is 2.93. The largest absolute Gasteiger partial charge is 0.273 e. The molecule has 0 heterocycles. The van der Waals surface area contributed by atoms with Gasteiger partial charge in [0, 0.05) is 6.20 Å². The van der Waals surface area contributed by atoms with Gasteiger partial charge in [0.2, 0.25) is 0 Å². The molecule has 1 nitrogen and oxygen atoms in total. The summed E-state index contributed by atoms with van der Waals surface area (Å²) in [6.07, 6.45) is 6.18. The van der Waals surface area contributed by atoms with Crippen LogP contribution in [-0.2, 0) is 0 Å². The number of rotatable bonds is 5. The Kier molecular flexibility index (Phi) is 5.52. The van der Waals surface area contributed by atoms with E-state index in [1.807, 2.05) is 7.85 Å². The zero-order valence-electron chi connectivity index (χ0n) is 10.2. The molecule has 0 aromatic carbocycles. The fourth-order valence-corrected chi connectivity index (χ4v) is 1.51. The van der Waals surface area contributed by atoms with Crippen LogP contribution in [-0.4, -0.2) is 13.5 Å². The molecule has 0 rings (SSSR count). The minimum atomic E-state index is 0.284. The molecular formula is C12H22BN. The second-order valence-electron chi connectivity index (χ2n) is 4.41. The number of nitrogens with zero attached hydrogens (tertiary/aromatic N) is 1. The van der Waals surface area contributed by atoms with Crippen molar-refractivity contribution < 1.29 is 0 Å². The van der Waals surface area contributed by atoms with E-state index in [1.54, 1.807) is 6.20 Å². The fourth-order valence-electron chi connectivity index (χ4n) is 1.51. The van der Waals surface area contributed by atoms with Crippen LogP contribution in [0.4, 0.5) is 0 Å².